The summed E-state index contributed by atoms with van der Waals surface area (Å²) >= 11 is 0. The van der Waals surface area contributed by atoms with E-state index in [2.05, 4.69) is 5.32 Å². The van der Waals surface area contributed by atoms with Crippen LogP contribution < -0.4 is 16.2 Å². The first-order valence-corrected chi connectivity index (χ1v) is 6.65. The minimum Gasteiger partial charge on any atom is -0.325 e. The van der Waals surface area contributed by atoms with E-state index in [9.17, 15) is 13.2 Å². The molecule has 5 N–H and O–H groups in total. The lowest BCUT2D eigenvalue weighted by Gasteiger charge is -2.08. The number of sulfonamides is 1. The van der Waals surface area contributed by atoms with Gasteiger partial charge in [-0.05, 0) is 24.6 Å². The van der Waals surface area contributed by atoms with Crippen LogP contribution in [0, 0.1) is 0 Å². The van der Waals surface area contributed by atoms with Crippen LogP contribution in [0.25, 0.3) is 0 Å². The van der Waals surface area contributed by atoms with E-state index in [0.717, 1.165) is 0 Å². The van der Waals surface area contributed by atoms with Crippen LogP contribution in [0.2, 0.25) is 0 Å². The molecule has 0 heterocycles. The average molecular weight is 257 g/mol. The molecule has 1 atom stereocenters. The fourth-order valence-electron chi connectivity index (χ4n) is 1.17. The summed E-state index contributed by atoms with van der Waals surface area (Å²) in [4.78, 5) is 11.3. The number of nitrogens with one attached hydrogen (secondary N) is 1. The summed E-state index contributed by atoms with van der Waals surface area (Å²) < 4.78 is 21.7. The number of carbonyl (C=O) groups excluding carboxylic acids is 1. The number of primary sulfonamides is 1. The molecule has 0 aliphatic heterocycles. The number of hydrogen-bond acceptors (Lipinski definition) is 4. The van der Waals surface area contributed by atoms with E-state index in [0.29, 0.717) is 11.3 Å². The zero-order valence-electron chi connectivity index (χ0n) is 9.38. The Labute approximate surface area is 100 Å². The topological polar surface area (TPSA) is 115 Å². The van der Waals surface area contributed by atoms with Crippen LogP contribution in [-0.2, 0) is 20.6 Å². The number of rotatable bonds is 4. The van der Waals surface area contributed by atoms with Crippen molar-refractivity contribution in [3.05, 3.63) is 29.8 Å². The lowest BCUT2D eigenvalue weighted by atomic mass is 10.2. The molecule has 0 saturated carbocycles. The van der Waals surface area contributed by atoms with Gasteiger partial charge in [0, 0.05) is 5.69 Å². The summed E-state index contributed by atoms with van der Waals surface area (Å²) in [5.41, 5.74) is 6.51. The predicted octanol–water partition coefficient (Wildman–Crippen LogP) is -0.239. The molecule has 94 valence electrons. The fourth-order valence-corrected chi connectivity index (χ4v) is 1.83. The van der Waals surface area contributed by atoms with Gasteiger partial charge in [0.25, 0.3) is 0 Å². The molecule has 0 radical (unpaired) electrons. The first kappa shape index (κ1) is 13.6. The second kappa shape index (κ2) is 5.26. The van der Waals surface area contributed by atoms with Crippen molar-refractivity contribution >= 4 is 21.6 Å². The Morgan fingerprint density at radius 1 is 1.35 bits per heavy atom. The zero-order valence-corrected chi connectivity index (χ0v) is 10.2. The lowest BCUT2D eigenvalue weighted by molar-refractivity contribution is -0.117. The number of hydrogen-bond donors (Lipinski definition) is 3. The quantitative estimate of drug-likeness (QED) is 0.690. The fraction of sp³-hybridized carbons (Fsp3) is 0.300. The average Bonchev–Trinajstić information content (AvgIpc) is 2.18. The monoisotopic (exact) mass is 257 g/mol. The van der Waals surface area contributed by atoms with Crippen molar-refractivity contribution < 1.29 is 13.2 Å². The van der Waals surface area contributed by atoms with Gasteiger partial charge in [0.2, 0.25) is 15.9 Å². The maximum absolute atomic E-state index is 11.3. The molecule has 1 aromatic carbocycles. The molecule has 6 nitrogen and oxygen atoms in total. The summed E-state index contributed by atoms with van der Waals surface area (Å²) in [6.45, 7) is 1.57. The molecule has 0 spiro atoms. The van der Waals surface area contributed by atoms with Crippen molar-refractivity contribution in [3.8, 4) is 0 Å². The van der Waals surface area contributed by atoms with E-state index in [4.69, 9.17) is 10.9 Å². The Morgan fingerprint density at radius 2 is 1.88 bits per heavy atom. The van der Waals surface area contributed by atoms with E-state index in [1.807, 2.05) is 0 Å². The minimum atomic E-state index is -3.53. The molecule has 17 heavy (non-hydrogen) atoms. The van der Waals surface area contributed by atoms with Gasteiger partial charge in [0.15, 0.2) is 0 Å². The van der Waals surface area contributed by atoms with Crippen molar-refractivity contribution in [1.29, 1.82) is 0 Å². The van der Waals surface area contributed by atoms with E-state index in [1.165, 1.54) is 0 Å². The number of anilines is 1. The Bertz CT molecular complexity index is 494. The maximum Gasteiger partial charge on any atom is 0.240 e. The summed E-state index contributed by atoms with van der Waals surface area (Å²) in [5.74, 6) is -0.529. The normalized spacial score (nSPS) is 13.1. The third-order valence-electron chi connectivity index (χ3n) is 2.00. The highest BCUT2D eigenvalue weighted by Gasteiger charge is 2.08. The zero-order chi connectivity index (χ0) is 13.1. The highest BCUT2D eigenvalue weighted by molar-refractivity contribution is 7.88. The molecule has 7 heteroatoms. The van der Waals surface area contributed by atoms with Gasteiger partial charge in [0.1, 0.15) is 0 Å². The SMILES string of the molecule is C[C@H](N)C(=O)Nc1ccc(CS(N)(=O)=O)cc1. The van der Waals surface area contributed by atoms with Crippen LogP contribution in [-0.4, -0.2) is 20.4 Å². The van der Waals surface area contributed by atoms with E-state index in [1.54, 1.807) is 31.2 Å². The van der Waals surface area contributed by atoms with Gasteiger partial charge >= 0.3 is 0 Å². The largest absolute Gasteiger partial charge is 0.325 e. The standard InChI is InChI=1S/C10H15N3O3S/c1-7(11)10(14)13-9-4-2-8(3-5-9)6-17(12,15)16/h2-5,7H,6,11H2,1H3,(H,13,14)(H2,12,15,16)/t7-/m0/s1. The van der Waals surface area contributed by atoms with Crippen LogP contribution in [0.4, 0.5) is 5.69 Å². The van der Waals surface area contributed by atoms with Crippen LogP contribution >= 0.6 is 0 Å². The number of carbonyl (C=O) groups is 1. The van der Waals surface area contributed by atoms with Gasteiger partial charge in [0.05, 0.1) is 11.8 Å². The Kier molecular flexibility index (Phi) is 4.22. The second-order valence-electron chi connectivity index (χ2n) is 3.78. The molecule has 1 amide bonds. The van der Waals surface area contributed by atoms with E-state index >= 15 is 0 Å². The van der Waals surface area contributed by atoms with Gasteiger partial charge in [-0.1, -0.05) is 12.1 Å². The summed E-state index contributed by atoms with van der Waals surface area (Å²) in [6.07, 6.45) is 0. The molecule has 1 aromatic rings. The molecule has 1 rings (SSSR count). The highest BCUT2D eigenvalue weighted by atomic mass is 32.2. The third kappa shape index (κ3) is 4.94. The molecule has 0 fully saturated rings. The van der Waals surface area contributed by atoms with Crippen molar-refractivity contribution in [2.24, 2.45) is 10.9 Å². The van der Waals surface area contributed by atoms with E-state index < -0.39 is 16.1 Å². The molecule has 0 aromatic heterocycles. The van der Waals surface area contributed by atoms with Crippen molar-refractivity contribution in [2.45, 2.75) is 18.7 Å². The first-order chi connectivity index (χ1) is 7.78. The van der Waals surface area contributed by atoms with Crippen molar-refractivity contribution in [3.63, 3.8) is 0 Å². The molecule has 0 bridgehead atoms. The van der Waals surface area contributed by atoms with Gasteiger partial charge in [-0.2, -0.15) is 0 Å². The third-order valence-corrected chi connectivity index (χ3v) is 2.74. The maximum atomic E-state index is 11.3. The van der Waals surface area contributed by atoms with Gasteiger partial charge in [-0.3, -0.25) is 4.79 Å². The van der Waals surface area contributed by atoms with Crippen LogP contribution in [0.5, 0.6) is 0 Å². The number of amides is 1. The summed E-state index contributed by atoms with van der Waals surface area (Å²) in [7, 11) is -3.53. The van der Waals surface area contributed by atoms with Gasteiger partial charge in [-0.15, -0.1) is 0 Å². The lowest BCUT2D eigenvalue weighted by Crippen LogP contribution is -2.32. The van der Waals surface area contributed by atoms with E-state index in [-0.39, 0.29) is 11.7 Å². The Morgan fingerprint density at radius 3 is 2.29 bits per heavy atom. The van der Waals surface area contributed by atoms with Crippen molar-refractivity contribution in [1.82, 2.24) is 0 Å². The molecule has 0 unspecified atom stereocenters. The Hall–Kier alpha value is -1.44. The second-order valence-corrected chi connectivity index (χ2v) is 5.40. The smallest absolute Gasteiger partial charge is 0.240 e. The number of benzene rings is 1. The van der Waals surface area contributed by atoms with Gasteiger partial charge in [-0.25, -0.2) is 13.6 Å². The first-order valence-electron chi connectivity index (χ1n) is 4.94. The molecule has 0 aliphatic rings. The minimum absolute atomic E-state index is 0.228. The Balaban J connectivity index is 2.72. The van der Waals surface area contributed by atoms with Crippen molar-refractivity contribution in [2.75, 3.05) is 5.32 Å². The molecular formula is C10H15N3O3S. The van der Waals surface area contributed by atoms with Gasteiger partial charge < -0.3 is 11.1 Å². The molecular weight excluding hydrogens is 242 g/mol. The summed E-state index contributed by atoms with van der Waals surface area (Å²) in [5, 5.41) is 7.50. The van der Waals surface area contributed by atoms with Crippen LogP contribution in [0.1, 0.15) is 12.5 Å². The molecule has 0 saturated heterocycles. The van der Waals surface area contributed by atoms with Crippen LogP contribution in [0.15, 0.2) is 24.3 Å². The molecule has 0 aliphatic carbocycles. The van der Waals surface area contributed by atoms with Crippen LogP contribution in [0.3, 0.4) is 0 Å². The highest BCUT2D eigenvalue weighted by Crippen LogP contribution is 2.11. The number of nitrogens with two attached hydrogens (primary N) is 2. The predicted molar refractivity (Wildman–Crippen MR) is 65.5 cm³/mol. The summed E-state index contributed by atoms with van der Waals surface area (Å²) in [6, 6.07) is 5.77.